The predicted molar refractivity (Wildman–Crippen MR) is 62.9 cm³/mol. The van der Waals surface area contributed by atoms with E-state index in [1.165, 1.54) is 0 Å². The molecule has 17 heavy (non-hydrogen) atoms. The van der Waals surface area contributed by atoms with Crippen LogP contribution in [-0.4, -0.2) is 32.7 Å². The molecule has 0 spiro atoms. The molecule has 0 saturated carbocycles. The number of nitrogens with zero attached hydrogens (tertiary/aromatic N) is 4. The maximum absolute atomic E-state index is 8.70. The Morgan fingerprint density at radius 2 is 2.47 bits per heavy atom. The Bertz CT molecular complexity index is 357. The van der Waals surface area contributed by atoms with Crippen LogP contribution in [0.1, 0.15) is 31.9 Å². The molecule has 0 aromatic carbocycles. The van der Waals surface area contributed by atoms with Crippen LogP contribution in [0.4, 0.5) is 0 Å². The van der Waals surface area contributed by atoms with Crippen LogP contribution in [0, 0.1) is 11.3 Å². The molecule has 1 unspecified atom stereocenters. The minimum absolute atomic E-state index is 0.160. The van der Waals surface area contributed by atoms with Gasteiger partial charge in [0.05, 0.1) is 18.2 Å². The fourth-order valence-electron chi connectivity index (χ4n) is 1.48. The second-order valence-electron chi connectivity index (χ2n) is 3.90. The average Bonchev–Trinajstić information content (AvgIpc) is 2.80. The van der Waals surface area contributed by atoms with E-state index in [1.807, 2.05) is 13.1 Å². The SMILES string of the molecule is CCC(CC#N)NCc1cn(CCCO)nn1. The fourth-order valence-corrected chi connectivity index (χ4v) is 1.48. The highest BCUT2D eigenvalue weighted by atomic mass is 16.3. The Labute approximate surface area is 101 Å². The third-order valence-electron chi connectivity index (χ3n) is 2.53. The van der Waals surface area contributed by atoms with Gasteiger partial charge < -0.3 is 10.4 Å². The van der Waals surface area contributed by atoms with Crippen molar-refractivity contribution in [3.8, 4) is 6.07 Å². The zero-order chi connectivity index (χ0) is 12.5. The third-order valence-corrected chi connectivity index (χ3v) is 2.53. The molecule has 1 aromatic heterocycles. The molecule has 0 aliphatic carbocycles. The normalized spacial score (nSPS) is 12.3. The molecule has 0 fully saturated rings. The lowest BCUT2D eigenvalue weighted by molar-refractivity contribution is 0.276. The molecule has 0 radical (unpaired) electrons. The number of nitriles is 1. The van der Waals surface area contributed by atoms with Crippen molar-refractivity contribution in [2.75, 3.05) is 6.61 Å². The predicted octanol–water partition coefficient (Wildman–Crippen LogP) is 0.442. The Balaban J connectivity index is 2.36. The van der Waals surface area contributed by atoms with E-state index in [1.54, 1.807) is 4.68 Å². The lowest BCUT2D eigenvalue weighted by Crippen LogP contribution is -2.27. The molecule has 1 heterocycles. The number of hydrogen-bond donors (Lipinski definition) is 2. The number of hydrogen-bond acceptors (Lipinski definition) is 5. The Morgan fingerprint density at radius 1 is 1.65 bits per heavy atom. The molecule has 6 nitrogen and oxygen atoms in total. The molecule has 0 bridgehead atoms. The molecule has 2 N–H and O–H groups in total. The van der Waals surface area contributed by atoms with Crippen molar-refractivity contribution in [2.45, 2.75) is 45.3 Å². The van der Waals surface area contributed by atoms with Crippen LogP contribution < -0.4 is 5.32 Å². The molecule has 1 rings (SSSR count). The zero-order valence-corrected chi connectivity index (χ0v) is 10.1. The van der Waals surface area contributed by atoms with E-state index in [4.69, 9.17) is 10.4 Å². The monoisotopic (exact) mass is 237 g/mol. The minimum atomic E-state index is 0.160. The van der Waals surface area contributed by atoms with E-state index in [-0.39, 0.29) is 12.6 Å². The first-order chi connectivity index (χ1) is 8.30. The number of aliphatic hydroxyl groups is 1. The lowest BCUT2D eigenvalue weighted by Gasteiger charge is -2.11. The summed E-state index contributed by atoms with van der Waals surface area (Å²) in [5.74, 6) is 0. The second-order valence-corrected chi connectivity index (χ2v) is 3.90. The van der Waals surface area contributed by atoms with Crippen molar-refractivity contribution in [3.63, 3.8) is 0 Å². The van der Waals surface area contributed by atoms with Crippen LogP contribution in [0.3, 0.4) is 0 Å². The number of aryl methyl sites for hydroxylation is 1. The topological polar surface area (TPSA) is 86.8 Å². The maximum Gasteiger partial charge on any atom is 0.0964 e. The summed E-state index contributed by atoms with van der Waals surface area (Å²) in [6.07, 6.45) is 3.98. The van der Waals surface area contributed by atoms with Gasteiger partial charge in [-0.2, -0.15) is 5.26 Å². The van der Waals surface area contributed by atoms with Crippen LogP contribution >= 0.6 is 0 Å². The molecule has 94 valence electrons. The molecular weight excluding hydrogens is 218 g/mol. The highest BCUT2D eigenvalue weighted by molar-refractivity contribution is 4.93. The standard InChI is InChI=1S/C11H19N5O/c1-2-10(4-5-12)13-8-11-9-16(15-14-11)6-3-7-17/h9-10,13,17H,2-4,6-8H2,1H3. The van der Waals surface area contributed by atoms with Gasteiger partial charge in [0, 0.05) is 31.9 Å². The number of rotatable bonds is 8. The highest BCUT2D eigenvalue weighted by Crippen LogP contribution is 1.99. The van der Waals surface area contributed by atoms with Crippen LogP contribution in [-0.2, 0) is 13.1 Å². The molecule has 0 aliphatic rings. The van der Waals surface area contributed by atoms with Gasteiger partial charge in [-0.1, -0.05) is 12.1 Å². The first-order valence-electron chi connectivity index (χ1n) is 5.90. The van der Waals surface area contributed by atoms with Gasteiger partial charge in [0.25, 0.3) is 0 Å². The molecule has 1 aromatic rings. The summed E-state index contributed by atoms with van der Waals surface area (Å²) in [6.45, 7) is 3.51. The van der Waals surface area contributed by atoms with E-state index in [9.17, 15) is 0 Å². The van der Waals surface area contributed by atoms with E-state index in [0.29, 0.717) is 25.9 Å². The van der Waals surface area contributed by atoms with Crippen molar-refractivity contribution >= 4 is 0 Å². The van der Waals surface area contributed by atoms with Gasteiger partial charge in [-0.3, -0.25) is 4.68 Å². The Kier molecular flexibility index (Phi) is 6.22. The van der Waals surface area contributed by atoms with Crippen LogP contribution in [0.15, 0.2) is 6.20 Å². The van der Waals surface area contributed by atoms with E-state index < -0.39 is 0 Å². The molecule has 6 heteroatoms. The quantitative estimate of drug-likeness (QED) is 0.685. The fraction of sp³-hybridized carbons (Fsp3) is 0.727. The van der Waals surface area contributed by atoms with Crippen LogP contribution in [0.2, 0.25) is 0 Å². The van der Waals surface area contributed by atoms with E-state index in [2.05, 4.69) is 21.7 Å². The molecule has 1 atom stereocenters. The van der Waals surface area contributed by atoms with Gasteiger partial charge in [-0.25, -0.2) is 0 Å². The Morgan fingerprint density at radius 3 is 3.12 bits per heavy atom. The summed E-state index contributed by atoms with van der Waals surface area (Å²) >= 11 is 0. The first kappa shape index (κ1) is 13.6. The van der Waals surface area contributed by atoms with Gasteiger partial charge in [-0.15, -0.1) is 5.10 Å². The minimum Gasteiger partial charge on any atom is -0.396 e. The molecular formula is C11H19N5O. The van der Waals surface area contributed by atoms with E-state index in [0.717, 1.165) is 12.1 Å². The van der Waals surface area contributed by atoms with Crippen LogP contribution in [0.5, 0.6) is 0 Å². The summed E-state index contributed by atoms with van der Waals surface area (Å²) in [7, 11) is 0. The van der Waals surface area contributed by atoms with Gasteiger partial charge in [0.1, 0.15) is 0 Å². The first-order valence-corrected chi connectivity index (χ1v) is 5.90. The van der Waals surface area contributed by atoms with Crippen molar-refractivity contribution in [3.05, 3.63) is 11.9 Å². The van der Waals surface area contributed by atoms with Crippen molar-refractivity contribution in [1.82, 2.24) is 20.3 Å². The van der Waals surface area contributed by atoms with Crippen LogP contribution in [0.25, 0.3) is 0 Å². The molecule has 0 amide bonds. The average molecular weight is 237 g/mol. The second kappa shape index (κ2) is 7.76. The van der Waals surface area contributed by atoms with Gasteiger partial charge in [0.15, 0.2) is 0 Å². The summed E-state index contributed by atoms with van der Waals surface area (Å²) in [5.41, 5.74) is 0.860. The number of aromatic nitrogens is 3. The van der Waals surface area contributed by atoms with E-state index >= 15 is 0 Å². The smallest absolute Gasteiger partial charge is 0.0964 e. The molecule has 0 aliphatic heterocycles. The van der Waals surface area contributed by atoms with Crippen molar-refractivity contribution in [1.29, 1.82) is 5.26 Å². The summed E-state index contributed by atoms with van der Waals surface area (Å²) in [6, 6.07) is 2.37. The summed E-state index contributed by atoms with van der Waals surface area (Å²) in [4.78, 5) is 0. The largest absolute Gasteiger partial charge is 0.396 e. The lowest BCUT2D eigenvalue weighted by atomic mass is 10.1. The Hall–Kier alpha value is -1.45. The van der Waals surface area contributed by atoms with Gasteiger partial charge >= 0.3 is 0 Å². The van der Waals surface area contributed by atoms with Gasteiger partial charge in [0.2, 0.25) is 0 Å². The number of nitrogens with one attached hydrogen (secondary N) is 1. The zero-order valence-electron chi connectivity index (χ0n) is 10.1. The summed E-state index contributed by atoms with van der Waals surface area (Å²) in [5, 5.41) is 28.6. The van der Waals surface area contributed by atoms with Crippen molar-refractivity contribution in [2.24, 2.45) is 0 Å². The highest BCUT2D eigenvalue weighted by Gasteiger charge is 2.06. The third kappa shape index (κ3) is 4.93. The van der Waals surface area contributed by atoms with Gasteiger partial charge in [-0.05, 0) is 12.8 Å². The van der Waals surface area contributed by atoms with Crippen molar-refractivity contribution < 1.29 is 5.11 Å². The number of aliphatic hydroxyl groups excluding tert-OH is 1. The summed E-state index contributed by atoms with van der Waals surface area (Å²) < 4.78 is 1.72. The maximum atomic E-state index is 8.70. The molecule has 0 saturated heterocycles.